The van der Waals surface area contributed by atoms with Crippen LogP contribution in [-0.2, 0) is 0 Å². The maximum Gasteiger partial charge on any atom is 0.164 e. The van der Waals surface area contributed by atoms with Crippen molar-refractivity contribution in [2.75, 3.05) is 19.6 Å². The van der Waals surface area contributed by atoms with Crippen LogP contribution in [-0.4, -0.2) is 30.3 Å². The first-order chi connectivity index (χ1) is 8.75. The van der Waals surface area contributed by atoms with Crippen LogP contribution in [0.15, 0.2) is 24.3 Å². The molecular weight excluding hydrogens is 265 g/mol. The average molecular weight is 286 g/mol. The molecule has 0 saturated carbocycles. The standard InChI is InChI=1S/C15H20FNO.ClH/c16-14-7-5-13(6-8-14)15(18)9-12-17-10-3-1-2-4-11-17;/h5-8H,1-4,9-12H2;1H. The summed E-state index contributed by atoms with van der Waals surface area (Å²) in [4.78, 5) is 14.3. The molecule has 0 bridgehead atoms. The first-order valence-electron chi connectivity index (χ1n) is 6.77. The summed E-state index contributed by atoms with van der Waals surface area (Å²) >= 11 is 0. The quantitative estimate of drug-likeness (QED) is 0.786. The van der Waals surface area contributed by atoms with Gasteiger partial charge in [-0.15, -0.1) is 12.4 Å². The summed E-state index contributed by atoms with van der Waals surface area (Å²) in [6, 6.07) is 5.83. The summed E-state index contributed by atoms with van der Waals surface area (Å²) in [7, 11) is 0. The third-order valence-electron chi connectivity index (χ3n) is 3.52. The lowest BCUT2D eigenvalue weighted by atomic mass is 10.1. The van der Waals surface area contributed by atoms with Gasteiger partial charge in [0.15, 0.2) is 5.78 Å². The maximum absolute atomic E-state index is 12.8. The minimum atomic E-state index is -0.293. The molecule has 1 aromatic carbocycles. The highest BCUT2D eigenvalue weighted by molar-refractivity contribution is 5.96. The van der Waals surface area contributed by atoms with Crippen molar-refractivity contribution >= 4 is 18.2 Å². The van der Waals surface area contributed by atoms with Crippen LogP contribution in [0, 0.1) is 5.82 Å². The van der Waals surface area contributed by atoms with Gasteiger partial charge in [-0.2, -0.15) is 0 Å². The molecule has 1 aliphatic rings. The van der Waals surface area contributed by atoms with Crippen LogP contribution in [0.3, 0.4) is 0 Å². The summed E-state index contributed by atoms with van der Waals surface area (Å²) in [5.41, 5.74) is 0.617. The summed E-state index contributed by atoms with van der Waals surface area (Å²) < 4.78 is 12.8. The third-order valence-corrected chi connectivity index (χ3v) is 3.52. The largest absolute Gasteiger partial charge is 0.303 e. The maximum atomic E-state index is 12.8. The van der Waals surface area contributed by atoms with Gasteiger partial charge >= 0.3 is 0 Å². The monoisotopic (exact) mass is 285 g/mol. The average Bonchev–Trinajstić information content (AvgIpc) is 2.65. The van der Waals surface area contributed by atoms with Gasteiger partial charge in [0.25, 0.3) is 0 Å². The van der Waals surface area contributed by atoms with Crippen molar-refractivity contribution in [3.8, 4) is 0 Å². The molecular formula is C15H21ClFNO. The summed E-state index contributed by atoms with van der Waals surface area (Å²) in [6.07, 6.45) is 5.63. The molecule has 1 aliphatic heterocycles. The zero-order valence-corrected chi connectivity index (χ0v) is 11.9. The number of benzene rings is 1. The Labute approximate surface area is 120 Å². The second kappa shape index (κ2) is 8.28. The van der Waals surface area contributed by atoms with Gasteiger partial charge in [-0.1, -0.05) is 12.8 Å². The molecule has 0 N–H and O–H groups in total. The van der Waals surface area contributed by atoms with E-state index in [1.807, 2.05) is 0 Å². The van der Waals surface area contributed by atoms with Crippen LogP contribution in [0.5, 0.6) is 0 Å². The van der Waals surface area contributed by atoms with E-state index in [1.165, 1.54) is 37.8 Å². The van der Waals surface area contributed by atoms with Gasteiger partial charge in [0.1, 0.15) is 5.82 Å². The van der Waals surface area contributed by atoms with E-state index in [2.05, 4.69) is 4.90 Å². The van der Waals surface area contributed by atoms with Crippen molar-refractivity contribution in [1.82, 2.24) is 4.90 Å². The summed E-state index contributed by atoms with van der Waals surface area (Å²) in [6.45, 7) is 3.05. The number of carbonyl (C=O) groups is 1. The Morgan fingerprint density at radius 2 is 1.63 bits per heavy atom. The van der Waals surface area contributed by atoms with E-state index in [0.717, 1.165) is 19.6 Å². The Hall–Kier alpha value is -0.930. The van der Waals surface area contributed by atoms with Gasteiger partial charge < -0.3 is 4.90 Å². The first kappa shape index (κ1) is 16.1. The number of halogens is 2. The fourth-order valence-corrected chi connectivity index (χ4v) is 2.40. The zero-order valence-electron chi connectivity index (χ0n) is 11.1. The molecule has 0 spiro atoms. The first-order valence-corrected chi connectivity index (χ1v) is 6.77. The van der Waals surface area contributed by atoms with Gasteiger partial charge in [-0.05, 0) is 50.2 Å². The highest BCUT2D eigenvalue weighted by atomic mass is 35.5. The van der Waals surface area contributed by atoms with E-state index in [1.54, 1.807) is 12.1 Å². The van der Waals surface area contributed by atoms with Crippen LogP contribution in [0.25, 0.3) is 0 Å². The van der Waals surface area contributed by atoms with E-state index in [0.29, 0.717) is 12.0 Å². The van der Waals surface area contributed by atoms with Crippen LogP contribution in [0.2, 0.25) is 0 Å². The Kier molecular flexibility index (Phi) is 7.03. The van der Waals surface area contributed by atoms with E-state index in [-0.39, 0.29) is 24.0 Å². The lowest BCUT2D eigenvalue weighted by molar-refractivity contribution is 0.0965. The Morgan fingerprint density at radius 3 is 2.21 bits per heavy atom. The second-order valence-corrected chi connectivity index (χ2v) is 4.94. The molecule has 1 heterocycles. The third kappa shape index (κ3) is 5.29. The van der Waals surface area contributed by atoms with Crippen molar-refractivity contribution in [2.45, 2.75) is 32.1 Å². The molecule has 1 fully saturated rings. The number of hydrogen-bond donors (Lipinski definition) is 0. The number of carbonyl (C=O) groups excluding carboxylic acids is 1. The van der Waals surface area contributed by atoms with E-state index in [9.17, 15) is 9.18 Å². The van der Waals surface area contributed by atoms with Crippen LogP contribution >= 0.6 is 12.4 Å². The van der Waals surface area contributed by atoms with Gasteiger partial charge in [0, 0.05) is 18.5 Å². The van der Waals surface area contributed by atoms with Crippen molar-refractivity contribution in [1.29, 1.82) is 0 Å². The van der Waals surface area contributed by atoms with Gasteiger partial charge in [-0.25, -0.2) is 4.39 Å². The Morgan fingerprint density at radius 1 is 1.05 bits per heavy atom. The zero-order chi connectivity index (χ0) is 12.8. The molecule has 2 rings (SSSR count). The predicted octanol–water partition coefficient (Wildman–Crippen LogP) is 3.70. The molecule has 2 nitrogen and oxygen atoms in total. The molecule has 1 aromatic rings. The molecule has 0 radical (unpaired) electrons. The van der Waals surface area contributed by atoms with Crippen molar-refractivity contribution < 1.29 is 9.18 Å². The van der Waals surface area contributed by atoms with Gasteiger partial charge in [0.05, 0.1) is 0 Å². The lowest BCUT2D eigenvalue weighted by Gasteiger charge is -2.18. The highest BCUT2D eigenvalue weighted by Gasteiger charge is 2.12. The Bertz CT molecular complexity index is 386. The number of hydrogen-bond acceptors (Lipinski definition) is 2. The summed E-state index contributed by atoms with van der Waals surface area (Å²) in [5, 5.41) is 0. The molecule has 4 heteroatoms. The normalized spacial score (nSPS) is 16.5. The number of likely N-dealkylation sites (tertiary alicyclic amines) is 1. The summed E-state index contributed by atoms with van der Waals surface area (Å²) in [5.74, 6) is -0.182. The topological polar surface area (TPSA) is 20.3 Å². The highest BCUT2D eigenvalue weighted by Crippen LogP contribution is 2.11. The molecule has 19 heavy (non-hydrogen) atoms. The fraction of sp³-hybridized carbons (Fsp3) is 0.533. The fourth-order valence-electron chi connectivity index (χ4n) is 2.40. The van der Waals surface area contributed by atoms with Crippen molar-refractivity contribution in [3.05, 3.63) is 35.6 Å². The van der Waals surface area contributed by atoms with Gasteiger partial charge in [-0.3, -0.25) is 4.79 Å². The molecule has 0 amide bonds. The molecule has 0 aliphatic carbocycles. The molecule has 0 atom stereocenters. The van der Waals surface area contributed by atoms with Crippen molar-refractivity contribution in [2.24, 2.45) is 0 Å². The predicted molar refractivity (Wildman–Crippen MR) is 77.5 cm³/mol. The number of ketones is 1. The minimum absolute atomic E-state index is 0. The van der Waals surface area contributed by atoms with Crippen LogP contribution < -0.4 is 0 Å². The second-order valence-electron chi connectivity index (χ2n) is 4.94. The van der Waals surface area contributed by atoms with Crippen LogP contribution in [0.1, 0.15) is 42.5 Å². The number of Topliss-reactive ketones (excluding diaryl/α,β-unsaturated/α-hetero) is 1. The van der Waals surface area contributed by atoms with E-state index in [4.69, 9.17) is 0 Å². The van der Waals surface area contributed by atoms with Crippen molar-refractivity contribution in [3.63, 3.8) is 0 Å². The lowest BCUT2D eigenvalue weighted by Crippen LogP contribution is -2.27. The van der Waals surface area contributed by atoms with Crippen LogP contribution in [0.4, 0.5) is 4.39 Å². The minimum Gasteiger partial charge on any atom is -0.303 e. The van der Waals surface area contributed by atoms with E-state index < -0.39 is 0 Å². The number of nitrogens with zero attached hydrogens (tertiary/aromatic N) is 1. The molecule has 0 aromatic heterocycles. The Balaban J connectivity index is 0.00000180. The smallest absolute Gasteiger partial charge is 0.164 e. The molecule has 0 unspecified atom stereocenters. The number of rotatable bonds is 4. The van der Waals surface area contributed by atoms with Gasteiger partial charge in [0.2, 0.25) is 0 Å². The SMILES string of the molecule is Cl.O=C(CCN1CCCCCC1)c1ccc(F)cc1. The van der Waals surface area contributed by atoms with E-state index >= 15 is 0 Å². The molecule has 106 valence electrons. The molecule has 1 saturated heterocycles.